The minimum absolute atomic E-state index is 0.00832. The first-order chi connectivity index (χ1) is 5.27. The number of rotatable bonds is 0. The van der Waals surface area contributed by atoms with Gasteiger partial charge in [-0.15, -0.1) is 0 Å². The zero-order valence-corrected chi connectivity index (χ0v) is 7.75. The van der Waals surface area contributed by atoms with Crippen molar-refractivity contribution < 1.29 is 4.79 Å². The molecule has 0 aliphatic carbocycles. The van der Waals surface area contributed by atoms with Gasteiger partial charge in [-0.1, -0.05) is 0 Å². The van der Waals surface area contributed by atoms with Crippen LogP contribution in [0.15, 0.2) is 12.3 Å². The third-order valence-corrected chi connectivity index (χ3v) is 2.19. The summed E-state index contributed by atoms with van der Waals surface area (Å²) in [6, 6.07) is 1.85. The standard InChI is InChI=1S/C7H5IN2O/c8-4-1-5-6(9-2-4)3-10-7(5)11/h1-2H,3H2,(H,10,11). The van der Waals surface area contributed by atoms with Gasteiger partial charge in [-0.3, -0.25) is 9.78 Å². The highest BCUT2D eigenvalue weighted by Crippen LogP contribution is 2.14. The summed E-state index contributed by atoms with van der Waals surface area (Å²) in [6.45, 7) is 0.574. The van der Waals surface area contributed by atoms with Crippen molar-refractivity contribution in [3.63, 3.8) is 0 Å². The molecule has 1 aromatic heterocycles. The van der Waals surface area contributed by atoms with Crippen LogP contribution in [-0.4, -0.2) is 10.9 Å². The molecule has 0 unspecified atom stereocenters. The van der Waals surface area contributed by atoms with Crippen LogP contribution in [0.1, 0.15) is 16.1 Å². The fourth-order valence-corrected chi connectivity index (χ4v) is 1.51. The number of halogens is 1. The highest BCUT2D eigenvalue weighted by molar-refractivity contribution is 14.1. The largest absolute Gasteiger partial charge is 0.346 e. The Hall–Kier alpha value is -0.650. The topological polar surface area (TPSA) is 42.0 Å². The molecule has 0 bridgehead atoms. The van der Waals surface area contributed by atoms with Gasteiger partial charge >= 0.3 is 0 Å². The van der Waals surface area contributed by atoms with Gasteiger partial charge in [0.15, 0.2) is 0 Å². The molecule has 0 saturated carbocycles. The van der Waals surface area contributed by atoms with Crippen molar-refractivity contribution in [1.29, 1.82) is 0 Å². The van der Waals surface area contributed by atoms with E-state index in [-0.39, 0.29) is 5.91 Å². The van der Waals surface area contributed by atoms with Gasteiger partial charge in [0.05, 0.1) is 17.8 Å². The van der Waals surface area contributed by atoms with Gasteiger partial charge in [-0.25, -0.2) is 0 Å². The van der Waals surface area contributed by atoms with E-state index >= 15 is 0 Å². The van der Waals surface area contributed by atoms with E-state index in [2.05, 4.69) is 32.9 Å². The lowest BCUT2D eigenvalue weighted by molar-refractivity contribution is 0.0965. The lowest BCUT2D eigenvalue weighted by Gasteiger charge is -1.93. The molecule has 0 saturated heterocycles. The molecule has 0 aromatic carbocycles. The van der Waals surface area contributed by atoms with Crippen molar-refractivity contribution in [1.82, 2.24) is 10.3 Å². The second kappa shape index (κ2) is 2.44. The Morgan fingerprint density at radius 3 is 3.27 bits per heavy atom. The minimum Gasteiger partial charge on any atom is -0.346 e. The van der Waals surface area contributed by atoms with E-state index in [9.17, 15) is 4.79 Å². The number of carbonyl (C=O) groups is 1. The summed E-state index contributed by atoms with van der Waals surface area (Å²) in [5, 5.41) is 2.71. The van der Waals surface area contributed by atoms with E-state index < -0.39 is 0 Å². The summed E-state index contributed by atoms with van der Waals surface area (Å²) in [7, 11) is 0. The maximum Gasteiger partial charge on any atom is 0.253 e. The molecule has 2 heterocycles. The zero-order chi connectivity index (χ0) is 7.84. The van der Waals surface area contributed by atoms with Gasteiger partial charge in [0.2, 0.25) is 0 Å². The maximum absolute atomic E-state index is 11.1. The number of amides is 1. The number of nitrogens with zero attached hydrogens (tertiary/aromatic N) is 1. The summed E-state index contributed by atoms with van der Waals surface area (Å²) in [5.41, 5.74) is 1.58. The van der Waals surface area contributed by atoms with Crippen molar-refractivity contribution in [2.45, 2.75) is 6.54 Å². The lowest BCUT2D eigenvalue weighted by Crippen LogP contribution is -2.12. The smallest absolute Gasteiger partial charge is 0.253 e. The Labute approximate surface area is 77.3 Å². The quantitative estimate of drug-likeness (QED) is 0.705. The first-order valence-corrected chi connectivity index (χ1v) is 4.28. The van der Waals surface area contributed by atoms with Gasteiger partial charge in [0.1, 0.15) is 0 Å². The third-order valence-electron chi connectivity index (χ3n) is 1.60. The number of pyridine rings is 1. The summed E-state index contributed by atoms with van der Waals surface area (Å²) in [6.07, 6.45) is 1.76. The van der Waals surface area contributed by atoms with Crippen LogP contribution in [0.2, 0.25) is 0 Å². The highest BCUT2D eigenvalue weighted by Gasteiger charge is 2.19. The molecular weight excluding hydrogens is 255 g/mol. The highest BCUT2D eigenvalue weighted by atomic mass is 127. The van der Waals surface area contributed by atoms with Crippen LogP contribution in [0.4, 0.5) is 0 Å². The molecule has 0 radical (unpaired) electrons. The van der Waals surface area contributed by atoms with E-state index in [1.807, 2.05) is 6.07 Å². The van der Waals surface area contributed by atoms with E-state index in [0.29, 0.717) is 6.54 Å². The molecule has 1 aliphatic rings. The zero-order valence-electron chi connectivity index (χ0n) is 5.60. The van der Waals surface area contributed by atoms with Gasteiger partial charge < -0.3 is 5.32 Å². The van der Waals surface area contributed by atoms with Crippen molar-refractivity contribution in [2.24, 2.45) is 0 Å². The lowest BCUT2D eigenvalue weighted by atomic mass is 10.2. The maximum atomic E-state index is 11.1. The molecule has 0 fully saturated rings. The van der Waals surface area contributed by atoms with Crippen LogP contribution in [0.25, 0.3) is 0 Å². The summed E-state index contributed by atoms with van der Waals surface area (Å²) in [4.78, 5) is 15.2. The molecule has 56 valence electrons. The fourth-order valence-electron chi connectivity index (χ4n) is 1.06. The van der Waals surface area contributed by atoms with Gasteiger partial charge in [-0.2, -0.15) is 0 Å². The molecule has 11 heavy (non-hydrogen) atoms. The molecule has 0 atom stereocenters. The molecule has 3 nitrogen and oxygen atoms in total. The fraction of sp³-hybridized carbons (Fsp3) is 0.143. The number of hydrogen-bond acceptors (Lipinski definition) is 2. The van der Waals surface area contributed by atoms with Crippen LogP contribution in [0, 0.1) is 3.57 Å². The number of nitrogens with one attached hydrogen (secondary N) is 1. The van der Waals surface area contributed by atoms with Crippen LogP contribution in [0.3, 0.4) is 0 Å². The van der Waals surface area contributed by atoms with Crippen LogP contribution in [0.5, 0.6) is 0 Å². The predicted molar refractivity (Wildman–Crippen MR) is 48.1 cm³/mol. The van der Waals surface area contributed by atoms with Gasteiger partial charge in [0, 0.05) is 9.77 Å². The molecule has 1 aliphatic heterocycles. The van der Waals surface area contributed by atoms with Crippen molar-refractivity contribution in [3.05, 3.63) is 27.1 Å². The average molecular weight is 260 g/mol. The minimum atomic E-state index is -0.00832. The Morgan fingerprint density at radius 2 is 2.45 bits per heavy atom. The molecule has 1 aromatic rings. The average Bonchev–Trinajstić information content (AvgIpc) is 2.33. The predicted octanol–water partition coefficient (Wildman–Crippen LogP) is 0.930. The molecule has 4 heteroatoms. The normalized spacial score (nSPS) is 14.5. The van der Waals surface area contributed by atoms with Gasteiger partial charge in [-0.05, 0) is 28.7 Å². The monoisotopic (exact) mass is 260 g/mol. The van der Waals surface area contributed by atoms with Crippen LogP contribution in [-0.2, 0) is 6.54 Å². The Bertz CT molecular complexity index is 324. The Morgan fingerprint density at radius 1 is 1.64 bits per heavy atom. The molecule has 1 amide bonds. The van der Waals surface area contributed by atoms with Crippen LogP contribution >= 0.6 is 22.6 Å². The molecule has 2 rings (SSSR count). The van der Waals surface area contributed by atoms with Crippen molar-refractivity contribution in [3.8, 4) is 0 Å². The third kappa shape index (κ3) is 1.11. The first kappa shape index (κ1) is 7.02. The number of hydrogen-bond donors (Lipinski definition) is 1. The Kier molecular flexibility index (Phi) is 1.56. The molecular formula is C7H5IN2O. The number of aromatic nitrogens is 1. The van der Waals surface area contributed by atoms with Crippen molar-refractivity contribution >= 4 is 28.5 Å². The van der Waals surface area contributed by atoms with E-state index in [1.165, 1.54) is 0 Å². The summed E-state index contributed by atoms with van der Waals surface area (Å²) >= 11 is 2.14. The number of carbonyl (C=O) groups excluding carboxylic acids is 1. The van der Waals surface area contributed by atoms with Gasteiger partial charge in [0.25, 0.3) is 5.91 Å². The molecule has 0 spiro atoms. The van der Waals surface area contributed by atoms with Crippen LogP contribution < -0.4 is 5.32 Å². The second-order valence-corrected chi connectivity index (χ2v) is 3.58. The first-order valence-electron chi connectivity index (χ1n) is 3.20. The summed E-state index contributed by atoms with van der Waals surface area (Å²) < 4.78 is 0.999. The van der Waals surface area contributed by atoms with E-state index in [0.717, 1.165) is 14.8 Å². The summed E-state index contributed by atoms with van der Waals surface area (Å²) in [5.74, 6) is -0.00832. The molecule has 1 N–H and O–H groups in total. The number of fused-ring (bicyclic) bond motifs is 1. The van der Waals surface area contributed by atoms with Crippen molar-refractivity contribution in [2.75, 3.05) is 0 Å². The second-order valence-electron chi connectivity index (χ2n) is 2.33. The Balaban J connectivity index is 2.60. The van der Waals surface area contributed by atoms with E-state index in [4.69, 9.17) is 0 Å². The SMILES string of the molecule is O=C1NCc2ncc(I)cc21. The van der Waals surface area contributed by atoms with E-state index in [1.54, 1.807) is 6.20 Å².